The molecule has 0 atom stereocenters. The number of nitrogens with zero attached hydrogens (tertiary/aromatic N) is 2. The number of ether oxygens (including phenoxy) is 1. The van der Waals surface area contributed by atoms with Gasteiger partial charge in [-0.05, 0) is 73.9 Å². The molecular weight excluding hydrogens is 403 g/mol. The molecule has 1 aliphatic carbocycles. The monoisotopic (exact) mass is 438 g/mol. The van der Waals surface area contributed by atoms with Crippen molar-refractivity contribution >= 4 is 17.0 Å². The Balaban J connectivity index is 1.70. The fourth-order valence-electron chi connectivity index (χ4n) is 4.79. The molecule has 3 aromatic rings. The third-order valence-electron chi connectivity index (χ3n) is 6.43. The van der Waals surface area contributed by atoms with Crippen LogP contribution >= 0.6 is 0 Å². The van der Waals surface area contributed by atoms with Crippen molar-refractivity contribution in [3.8, 4) is 5.75 Å². The largest absolute Gasteiger partial charge is 0.491 e. The number of nitrogens with one attached hydrogen (secondary N) is 1. The Kier molecular flexibility index (Phi) is 6.99. The minimum Gasteiger partial charge on any atom is -0.491 e. The zero-order valence-electron chi connectivity index (χ0n) is 19.5. The van der Waals surface area contributed by atoms with Crippen LogP contribution in [0.15, 0.2) is 24.3 Å². The lowest BCUT2D eigenvalue weighted by Gasteiger charge is -2.21. The first-order valence-corrected chi connectivity index (χ1v) is 11.8. The van der Waals surface area contributed by atoms with Crippen molar-refractivity contribution in [2.24, 2.45) is 11.7 Å². The van der Waals surface area contributed by atoms with Crippen molar-refractivity contribution in [3.63, 3.8) is 0 Å². The molecule has 3 N–H and O–H groups in total. The van der Waals surface area contributed by atoms with Crippen LogP contribution in [0.4, 0.5) is 10.3 Å². The molecule has 0 bridgehead atoms. The molecule has 0 amide bonds. The van der Waals surface area contributed by atoms with Crippen LogP contribution in [0.1, 0.15) is 54.4 Å². The normalized spacial score (nSPS) is 14.8. The fourth-order valence-corrected chi connectivity index (χ4v) is 4.79. The summed E-state index contributed by atoms with van der Waals surface area (Å²) in [5.74, 6) is 2.09. The molecule has 1 saturated carbocycles. The average Bonchev–Trinajstić information content (AvgIpc) is 3.12. The maximum atomic E-state index is 14.2. The van der Waals surface area contributed by atoms with Crippen LogP contribution in [0.2, 0.25) is 0 Å². The molecule has 5 nitrogen and oxygen atoms in total. The van der Waals surface area contributed by atoms with Gasteiger partial charge in [-0.2, -0.15) is 0 Å². The number of imidazole rings is 1. The number of halogens is 1. The summed E-state index contributed by atoms with van der Waals surface area (Å²) in [6.45, 7) is 8.19. The Morgan fingerprint density at radius 3 is 2.50 bits per heavy atom. The van der Waals surface area contributed by atoms with E-state index in [4.69, 9.17) is 15.5 Å². The van der Waals surface area contributed by atoms with Gasteiger partial charge in [0, 0.05) is 13.1 Å². The number of hydrogen-bond donors (Lipinski definition) is 2. The molecule has 6 heteroatoms. The minimum absolute atomic E-state index is 0.139. The summed E-state index contributed by atoms with van der Waals surface area (Å²) >= 11 is 0. The summed E-state index contributed by atoms with van der Waals surface area (Å²) in [7, 11) is 0. The lowest BCUT2D eigenvalue weighted by atomic mass is 9.90. The van der Waals surface area contributed by atoms with Crippen molar-refractivity contribution in [1.29, 1.82) is 0 Å². The van der Waals surface area contributed by atoms with Gasteiger partial charge in [-0.1, -0.05) is 31.4 Å². The highest BCUT2D eigenvalue weighted by Gasteiger charge is 2.19. The maximum absolute atomic E-state index is 14.2. The van der Waals surface area contributed by atoms with Gasteiger partial charge in [0.15, 0.2) is 0 Å². The summed E-state index contributed by atoms with van der Waals surface area (Å²) in [6.07, 6.45) is 6.44. The highest BCUT2D eigenvalue weighted by Crippen LogP contribution is 2.32. The number of nitrogens with two attached hydrogens (primary N) is 1. The Bertz CT molecular complexity index is 1060. The SMILES string of the molecule is Cc1cc(OCC2CCCCC2)c2nc(NCCN)n(Cc3cc(C)c(F)c(C)c3)c2c1. The van der Waals surface area contributed by atoms with E-state index in [-0.39, 0.29) is 5.82 Å². The van der Waals surface area contributed by atoms with Gasteiger partial charge in [-0.3, -0.25) is 0 Å². The van der Waals surface area contributed by atoms with Crippen LogP contribution in [0.25, 0.3) is 11.0 Å². The molecule has 4 rings (SSSR count). The van der Waals surface area contributed by atoms with E-state index >= 15 is 0 Å². The van der Waals surface area contributed by atoms with Crippen LogP contribution in [0, 0.1) is 32.5 Å². The van der Waals surface area contributed by atoms with Crippen LogP contribution in [-0.2, 0) is 6.54 Å². The topological polar surface area (TPSA) is 65.1 Å². The number of aryl methyl sites for hydroxylation is 3. The lowest BCUT2D eigenvalue weighted by molar-refractivity contribution is 0.210. The van der Waals surface area contributed by atoms with E-state index in [0.29, 0.717) is 36.7 Å². The van der Waals surface area contributed by atoms with Gasteiger partial charge in [-0.25, -0.2) is 9.37 Å². The minimum atomic E-state index is -0.139. The molecule has 0 aliphatic heterocycles. The van der Waals surface area contributed by atoms with Crippen molar-refractivity contribution in [2.45, 2.75) is 59.4 Å². The molecule has 0 spiro atoms. The third kappa shape index (κ3) is 4.90. The number of hydrogen-bond acceptors (Lipinski definition) is 4. The van der Waals surface area contributed by atoms with Gasteiger partial charge in [0.1, 0.15) is 17.1 Å². The van der Waals surface area contributed by atoms with Gasteiger partial charge < -0.3 is 20.4 Å². The molecule has 32 heavy (non-hydrogen) atoms. The second kappa shape index (κ2) is 9.90. The molecule has 172 valence electrons. The van der Waals surface area contributed by atoms with E-state index in [2.05, 4.69) is 28.9 Å². The molecule has 1 aromatic heterocycles. The van der Waals surface area contributed by atoms with Crippen LogP contribution in [0.3, 0.4) is 0 Å². The van der Waals surface area contributed by atoms with Crippen LogP contribution < -0.4 is 15.8 Å². The summed E-state index contributed by atoms with van der Waals surface area (Å²) in [4.78, 5) is 4.91. The summed E-state index contributed by atoms with van der Waals surface area (Å²) in [5, 5.41) is 3.36. The van der Waals surface area contributed by atoms with E-state index in [9.17, 15) is 4.39 Å². The average molecular weight is 439 g/mol. The van der Waals surface area contributed by atoms with Crippen LogP contribution in [-0.4, -0.2) is 29.2 Å². The van der Waals surface area contributed by atoms with Gasteiger partial charge in [-0.15, -0.1) is 0 Å². The lowest BCUT2D eigenvalue weighted by Crippen LogP contribution is -2.16. The number of anilines is 1. The summed E-state index contributed by atoms with van der Waals surface area (Å²) < 4.78 is 22.7. The number of rotatable bonds is 8. The standard InChI is InChI=1S/C26H35FN4O/c1-17-11-22-25(23(12-17)32-16-20-7-5-4-6-8-20)30-26(29-10-9-28)31(22)15-21-13-18(2)24(27)19(3)14-21/h11-14,20H,4-10,15-16,28H2,1-3H3,(H,29,30). The summed E-state index contributed by atoms with van der Waals surface area (Å²) in [6, 6.07) is 8.06. The highest BCUT2D eigenvalue weighted by atomic mass is 19.1. The van der Waals surface area contributed by atoms with Crippen molar-refractivity contribution < 1.29 is 9.13 Å². The molecule has 0 saturated heterocycles. The number of fused-ring (bicyclic) bond motifs is 1. The molecule has 1 fully saturated rings. The van der Waals surface area contributed by atoms with Crippen molar-refractivity contribution in [1.82, 2.24) is 9.55 Å². The first-order valence-electron chi connectivity index (χ1n) is 11.8. The Morgan fingerprint density at radius 2 is 1.81 bits per heavy atom. The zero-order chi connectivity index (χ0) is 22.7. The van der Waals surface area contributed by atoms with E-state index in [1.807, 2.05) is 26.0 Å². The first-order chi connectivity index (χ1) is 15.5. The van der Waals surface area contributed by atoms with Gasteiger partial charge in [0.05, 0.1) is 18.7 Å². The third-order valence-corrected chi connectivity index (χ3v) is 6.43. The smallest absolute Gasteiger partial charge is 0.204 e. The Morgan fingerprint density at radius 1 is 1.09 bits per heavy atom. The van der Waals surface area contributed by atoms with E-state index in [1.54, 1.807) is 0 Å². The van der Waals surface area contributed by atoms with Crippen LogP contribution in [0.5, 0.6) is 5.75 Å². The van der Waals surface area contributed by atoms with E-state index < -0.39 is 0 Å². The summed E-state index contributed by atoms with van der Waals surface area (Å²) in [5.41, 5.74) is 11.1. The predicted molar refractivity (Wildman–Crippen MR) is 129 cm³/mol. The predicted octanol–water partition coefficient (Wildman–Crippen LogP) is 5.48. The number of aromatic nitrogens is 2. The van der Waals surface area contributed by atoms with E-state index in [1.165, 1.54) is 32.1 Å². The molecule has 0 radical (unpaired) electrons. The molecular formula is C26H35FN4O. The molecule has 1 aliphatic rings. The quantitative estimate of drug-likeness (QED) is 0.489. The Hall–Kier alpha value is -2.60. The van der Waals surface area contributed by atoms with Gasteiger partial charge in [0.2, 0.25) is 5.95 Å². The zero-order valence-corrected chi connectivity index (χ0v) is 19.5. The number of benzene rings is 2. The highest BCUT2D eigenvalue weighted by molar-refractivity contribution is 5.85. The fraction of sp³-hybridized carbons (Fsp3) is 0.500. The molecule has 1 heterocycles. The first kappa shape index (κ1) is 22.6. The molecule has 2 aromatic carbocycles. The van der Waals surface area contributed by atoms with Crippen molar-refractivity contribution in [2.75, 3.05) is 25.0 Å². The second-order valence-electron chi connectivity index (χ2n) is 9.23. The molecule has 0 unspecified atom stereocenters. The van der Waals surface area contributed by atoms with E-state index in [0.717, 1.165) is 40.5 Å². The maximum Gasteiger partial charge on any atom is 0.204 e. The van der Waals surface area contributed by atoms with Gasteiger partial charge >= 0.3 is 0 Å². The second-order valence-corrected chi connectivity index (χ2v) is 9.23. The van der Waals surface area contributed by atoms with Gasteiger partial charge in [0.25, 0.3) is 0 Å². The van der Waals surface area contributed by atoms with Crippen molar-refractivity contribution in [3.05, 3.63) is 52.3 Å². The Labute approximate surface area is 190 Å².